The monoisotopic (exact) mass is 630 g/mol. The van der Waals surface area contributed by atoms with Crippen LogP contribution in [-0.2, 0) is 52.3 Å². The summed E-state index contributed by atoms with van der Waals surface area (Å²) in [6.07, 6.45) is -3.65. The van der Waals surface area contributed by atoms with E-state index in [4.69, 9.17) is 37.9 Å². The van der Waals surface area contributed by atoms with Gasteiger partial charge >= 0.3 is 19.8 Å². The third kappa shape index (κ3) is 9.49. The van der Waals surface area contributed by atoms with E-state index < -0.39 is 81.5 Å². The molecule has 240 valence electrons. The van der Waals surface area contributed by atoms with E-state index >= 15 is 0 Å². The van der Waals surface area contributed by atoms with Crippen molar-refractivity contribution in [1.82, 2.24) is 4.98 Å². The number of carbonyl (C=O) groups is 2. The number of phosphoric ester groups is 1. The maximum absolute atomic E-state index is 13.1. The Morgan fingerprint density at radius 2 is 1.63 bits per heavy atom. The number of nitriles is 1. The molecule has 0 saturated carbocycles. The Morgan fingerprint density at radius 3 is 2.12 bits per heavy atom. The van der Waals surface area contributed by atoms with Gasteiger partial charge in [-0.2, -0.15) is 5.26 Å². The summed E-state index contributed by atoms with van der Waals surface area (Å²) in [6.45, 7) is 8.38. The largest absolute Gasteiger partial charge is 0.482 e. The summed E-state index contributed by atoms with van der Waals surface area (Å²) in [5, 5.41) is 38.3. The molecule has 4 N–H and O–H groups in total. The summed E-state index contributed by atoms with van der Waals surface area (Å²) in [5.74, 6) is -1.32. The molecule has 43 heavy (non-hydrogen) atoms. The molecular weight excluding hydrogens is 591 g/mol. The summed E-state index contributed by atoms with van der Waals surface area (Å²) in [4.78, 5) is 30.8. The molecule has 1 aromatic rings. The van der Waals surface area contributed by atoms with Gasteiger partial charge in [0.05, 0.1) is 34.5 Å². The Hall–Kier alpha value is -3.00. The standard InChI is InChI=1S/C26H39N4O12P/c1-16(29-12-28)17-8-9-19(30-17)26(11-27)21(32)20(31)18(42-26)10-36-13-39-43(35,40-14-37-22(33)24(2,3)4)41-15-38-23(34)25(5,6)7/h8-9,12,18,20-21,28,30-32H,10,13-15H2,1-7H3/t18?,20-,21-,26+/m1/s1. The van der Waals surface area contributed by atoms with Crippen molar-refractivity contribution in [2.45, 2.75) is 72.4 Å². The first kappa shape index (κ1) is 36.2. The Kier molecular flexibility index (Phi) is 12.3. The van der Waals surface area contributed by atoms with Crippen LogP contribution in [-0.4, -0.2) is 84.5 Å². The van der Waals surface area contributed by atoms with Crippen molar-refractivity contribution in [2.75, 3.05) is 27.0 Å². The Morgan fingerprint density at radius 1 is 1.09 bits per heavy atom. The first-order valence-electron chi connectivity index (χ1n) is 13.0. The molecule has 16 nitrogen and oxygen atoms in total. The van der Waals surface area contributed by atoms with Gasteiger partial charge in [0.15, 0.2) is 6.79 Å². The van der Waals surface area contributed by atoms with Crippen molar-refractivity contribution in [3.05, 3.63) is 23.5 Å². The van der Waals surface area contributed by atoms with Crippen LogP contribution in [0.25, 0.3) is 0 Å². The molecule has 0 bridgehead atoms. The zero-order valence-corrected chi connectivity index (χ0v) is 26.0. The number of nitrogens with one attached hydrogen (secondary N) is 2. The van der Waals surface area contributed by atoms with Crippen LogP contribution in [0.1, 0.15) is 59.9 Å². The fourth-order valence-electron chi connectivity index (χ4n) is 3.42. The number of aromatic amines is 1. The minimum Gasteiger partial charge on any atom is -0.437 e. The van der Waals surface area contributed by atoms with Crippen LogP contribution in [0, 0.1) is 27.6 Å². The second kappa shape index (κ2) is 14.7. The molecule has 0 spiro atoms. The second-order valence-corrected chi connectivity index (χ2v) is 13.2. The highest BCUT2D eigenvalue weighted by atomic mass is 31.2. The molecule has 1 aliphatic rings. The first-order valence-corrected chi connectivity index (χ1v) is 14.5. The van der Waals surface area contributed by atoms with Crippen molar-refractivity contribution in [1.29, 1.82) is 10.7 Å². The highest BCUT2D eigenvalue weighted by molar-refractivity contribution is 7.48. The number of nitrogens with zero attached hydrogens (tertiary/aromatic N) is 2. The van der Waals surface area contributed by atoms with Crippen molar-refractivity contribution in [3.63, 3.8) is 0 Å². The predicted molar refractivity (Wildman–Crippen MR) is 148 cm³/mol. The number of aliphatic imine (C=N–C) groups is 1. The normalized spacial score (nSPS) is 23.1. The number of hydrogen-bond acceptors (Lipinski definition) is 14. The summed E-state index contributed by atoms with van der Waals surface area (Å²) >= 11 is 0. The Balaban J connectivity index is 2.04. The number of esters is 2. The van der Waals surface area contributed by atoms with Crippen LogP contribution in [0.15, 0.2) is 17.1 Å². The van der Waals surface area contributed by atoms with Crippen LogP contribution in [0.4, 0.5) is 0 Å². The molecule has 1 unspecified atom stereocenters. The van der Waals surface area contributed by atoms with Crippen molar-refractivity contribution in [3.8, 4) is 6.07 Å². The molecule has 1 fully saturated rings. The van der Waals surface area contributed by atoms with E-state index in [1.807, 2.05) is 6.07 Å². The van der Waals surface area contributed by atoms with E-state index in [-0.39, 0.29) is 5.69 Å². The lowest BCUT2D eigenvalue weighted by Crippen LogP contribution is -2.40. The summed E-state index contributed by atoms with van der Waals surface area (Å²) in [6, 6.07) is 4.94. The second-order valence-electron chi connectivity index (χ2n) is 11.5. The van der Waals surface area contributed by atoms with Gasteiger partial charge in [0.25, 0.3) is 0 Å². The van der Waals surface area contributed by atoms with Gasteiger partial charge in [0.2, 0.25) is 19.2 Å². The number of H-pyrrole nitrogens is 1. The average Bonchev–Trinajstić information content (AvgIpc) is 3.50. The van der Waals surface area contributed by atoms with Crippen molar-refractivity contribution in [2.24, 2.45) is 15.8 Å². The van der Waals surface area contributed by atoms with Crippen LogP contribution in [0.5, 0.6) is 0 Å². The molecule has 17 heteroatoms. The van der Waals surface area contributed by atoms with Gasteiger partial charge in [-0.25, -0.2) is 18.6 Å². The molecule has 4 atom stereocenters. The number of rotatable bonds is 14. The van der Waals surface area contributed by atoms with E-state index in [1.165, 1.54) is 6.07 Å². The number of carbonyl (C=O) groups excluding carboxylic acids is 2. The zero-order chi connectivity index (χ0) is 32.6. The molecule has 1 aliphatic heterocycles. The minimum atomic E-state index is -4.53. The summed E-state index contributed by atoms with van der Waals surface area (Å²) in [7, 11) is -4.53. The van der Waals surface area contributed by atoms with Gasteiger partial charge in [-0.15, -0.1) is 0 Å². The van der Waals surface area contributed by atoms with E-state index in [0.717, 1.165) is 6.34 Å². The molecule has 2 heterocycles. The number of aliphatic hydroxyl groups excluding tert-OH is 2. The van der Waals surface area contributed by atoms with Crippen LogP contribution >= 0.6 is 7.82 Å². The van der Waals surface area contributed by atoms with Gasteiger partial charge in [0, 0.05) is 0 Å². The van der Waals surface area contributed by atoms with Crippen molar-refractivity contribution < 1.29 is 56.9 Å². The lowest BCUT2D eigenvalue weighted by molar-refractivity contribution is -0.164. The third-order valence-corrected chi connectivity index (χ3v) is 7.23. The van der Waals surface area contributed by atoms with Gasteiger partial charge in [-0.1, -0.05) is 0 Å². The number of hydrogen-bond donors (Lipinski definition) is 4. The molecule has 1 aromatic heterocycles. The summed E-state index contributed by atoms with van der Waals surface area (Å²) in [5.41, 5.74) is -2.71. The molecule has 0 aliphatic carbocycles. The zero-order valence-electron chi connectivity index (χ0n) is 25.1. The maximum Gasteiger partial charge on any atom is 0.482 e. The molecule has 0 aromatic carbocycles. The maximum atomic E-state index is 13.1. The number of aliphatic hydroxyl groups is 2. The lowest BCUT2D eigenvalue weighted by atomic mass is 9.93. The van der Waals surface area contributed by atoms with E-state index in [0.29, 0.717) is 11.4 Å². The molecule has 0 amide bonds. The third-order valence-electron chi connectivity index (χ3n) is 5.96. The Labute approximate surface area is 249 Å². The van der Waals surface area contributed by atoms with Crippen LogP contribution in [0.3, 0.4) is 0 Å². The first-order chi connectivity index (χ1) is 19.9. The lowest BCUT2D eigenvalue weighted by Gasteiger charge is -2.23. The van der Waals surface area contributed by atoms with Crippen LogP contribution in [0.2, 0.25) is 0 Å². The van der Waals surface area contributed by atoms with Gasteiger partial charge < -0.3 is 34.1 Å². The highest BCUT2D eigenvalue weighted by Crippen LogP contribution is 2.49. The number of phosphoric acid groups is 1. The number of aromatic nitrogens is 1. The molecule has 1 saturated heterocycles. The van der Waals surface area contributed by atoms with E-state index in [2.05, 4.69) is 9.98 Å². The van der Waals surface area contributed by atoms with Crippen LogP contribution < -0.4 is 0 Å². The fraction of sp³-hybridized carbons (Fsp3) is 0.654. The molecule has 2 rings (SSSR count). The highest BCUT2D eigenvalue weighted by Gasteiger charge is 2.56. The fourth-order valence-corrected chi connectivity index (χ4v) is 4.21. The quantitative estimate of drug-likeness (QED) is 0.0578. The SMILES string of the molecule is CC(=NC=N)c1ccc([C@]2(C#N)OC(COCOP(=O)(OCOC(=O)C(C)(C)C)OCOC(=O)C(C)(C)C)[C@@H](O)[C@H]2O)[nH]1. The smallest absolute Gasteiger partial charge is 0.437 e. The molecule has 0 radical (unpaired) electrons. The predicted octanol–water partition coefficient (Wildman–Crippen LogP) is 2.50. The van der Waals surface area contributed by atoms with E-state index in [9.17, 15) is 29.6 Å². The van der Waals surface area contributed by atoms with Gasteiger partial charge in [-0.3, -0.25) is 19.5 Å². The van der Waals surface area contributed by atoms with Gasteiger partial charge in [-0.05, 0) is 60.6 Å². The number of ether oxygens (including phenoxy) is 4. The van der Waals surface area contributed by atoms with Gasteiger partial charge in [0.1, 0.15) is 30.7 Å². The van der Waals surface area contributed by atoms with E-state index in [1.54, 1.807) is 54.5 Å². The Bertz CT molecular complexity index is 1230. The summed E-state index contributed by atoms with van der Waals surface area (Å²) < 4.78 is 49.2. The topological polar surface area (TPSA) is 232 Å². The molecular formula is C26H39N4O12P. The van der Waals surface area contributed by atoms with Crippen molar-refractivity contribution >= 4 is 31.8 Å². The average molecular weight is 631 g/mol. The minimum absolute atomic E-state index is 0.135.